The van der Waals surface area contributed by atoms with Crippen LogP contribution >= 0.6 is 0 Å². The number of carbonyl (C=O) groups excluding carboxylic acids is 1. The number of hydrogen-bond acceptors (Lipinski definition) is 7. The molecule has 0 aromatic carbocycles. The summed E-state index contributed by atoms with van der Waals surface area (Å²) in [6.07, 6.45) is 1.51. The number of amides is 1. The van der Waals surface area contributed by atoms with Crippen molar-refractivity contribution in [1.29, 1.82) is 0 Å². The van der Waals surface area contributed by atoms with Gasteiger partial charge in [0.1, 0.15) is 11.4 Å². The molecule has 0 radical (unpaired) electrons. The lowest BCUT2D eigenvalue weighted by Gasteiger charge is -2.39. The smallest absolute Gasteiger partial charge is 0.410 e. The van der Waals surface area contributed by atoms with E-state index in [2.05, 4.69) is 9.88 Å². The largest absolute Gasteiger partial charge is 0.477 e. The highest BCUT2D eigenvalue weighted by Gasteiger charge is 2.34. The van der Waals surface area contributed by atoms with Crippen LogP contribution in [0.2, 0.25) is 0 Å². The van der Waals surface area contributed by atoms with E-state index < -0.39 is 5.60 Å². The molecule has 2 fully saturated rings. The summed E-state index contributed by atoms with van der Waals surface area (Å²) < 4.78 is 16.9. The zero-order valence-corrected chi connectivity index (χ0v) is 17.3. The van der Waals surface area contributed by atoms with Crippen LogP contribution in [0.4, 0.5) is 10.6 Å². The van der Waals surface area contributed by atoms with Gasteiger partial charge in [-0.05, 0) is 32.9 Å². The van der Waals surface area contributed by atoms with Gasteiger partial charge in [0.15, 0.2) is 0 Å². The van der Waals surface area contributed by atoms with Crippen LogP contribution in [-0.4, -0.2) is 72.6 Å². The van der Waals surface area contributed by atoms with Crippen molar-refractivity contribution in [3.05, 3.63) is 24.4 Å². The molecule has 156 valence electrons. The lowest BCUT2D eigenvalue weighted by Crippen LogP contribution is -2.53. The fourth-order valence-electron chi connectivity index (χ4n) is 3.44. The molecule has 4 heterocycles. The van der Waals surface area contributed by atoms with E-state index in [1.165, 1.54) is 0 Å². The summed E-state index contributed by atoms with van der Waals surface area (Å²) in [5.74, 6) is 1.72. The van der Waals surface area contributed by atoms with Crippen molar-refractivity contribution < 1.29 is 19.0 Å². The zero-order valence-electron chi connectivity index (χ0n) is 17.3. The molecule has 0 aliphatic carbocycles. The maximum atomic E-state index is 12.1. The molecule has 8 heteroatoms. The zero-order chi connectivity index (χ0) is 20.4. The average molecular weight is 400 g/mol. The van der Waals surface area contributed by atoms with Gasteiger partial charge in [0.05, 0.1) is 30.7 Å². The fourth-order valence-corrected chi connectivity index (χ4v) is 3.44. The highest BCUT2D eigenvalue weighted by Crippen LogP contribution is 2.28. The van der Waals surface area contributed by atoms with Crippen LogP contribution in [0.5, 0.6) is 5.88 Å². The standard InChI is InChI=1S/C21H28N4O4/c1-21(2,3)29-20(26)25-12-15(13-25)14-28-19-16-5-4-6-22-17(16)11-18(23-19)24-7-9-27-10-8-24/h4-6,11,15H,7-10,12-14H2,1-3H3. The summed E-state index contributed by atoms with van der Waals surface area (Å²) in [6.45, 7) is 10.4. The van der Waals surface area contributed by atoms with E-state index in [0.29, 0.717) is 38.8 Å². The van der Waals surface area contributed by atoms with Crippen molar-refractivity contribution in [2.75, 3.05) is 50.9 Å². The van der Waals surface area contributed by atoms with E-state index in [0.717, 1.165) is 29.8 Å². The van der Waals surface area contributed by atoms with Crippen LogP contribution in [0.15, 0.2) is 24.4 Å². The first-order valence-corrected chi connectivity index (χ1v) is 10.1. The first-order chi connectivity index (χ1) is 13.9. The van der Waals surface area contributed by atoms with E-state index in [1.807, 2.05) is 39.0 Å². The van der Waals surface area contributed by atoms with Crippen molar-refractivity contribution in [3.8, 4) is 5.88 Å². The Balaban J connectivity index is 1.41. The van der Waals surface area contributed by atoms with Gasteiger partial charge < -0.3 is 24.0 Å². The third-order valence-electron chi connectivity index (χ3n) is 4.95. The Morgan fingerprint density at radius 1 is 1.28 bits per heavy atom. The number of anilines is 1. The van der Waals surface area contributed by atoms with E-state index in [9.17, 15) is 4.79 Å². The SMILES string of the molecule is CC(C)(C)OC(=O)N1CC(COc2nc(N3CCOCC3)cc3ncccc23)C1. The second-order valence-corrected chi connectivity index (χ2v) is 8.52. The predicted octanol–water partition coefficient (Wildman–Crippen LogP) is 2.71. The Morgan fingerprint density at radius 3 is 2.76 bits per heavy atom. The minimum Gasteiger partial charge on any atom is -0.477 e. The van der Waals surface area contributed by atoms with E-state index in [4.69, 9.17) is 19.2 Å². The van der Waals surface area contributed by atoms with E-state index in [1.54, 1.807) is 11.1 Å². The van der Waals surface area contributed by atoms with Gasteiger partial charge >= 0.3 is 6.09 Å². The first kappa shape index (κ1) is 19.7. The van der Waals surface area contributed by atoms with Gasteiger partial charge in [-0.1, -0.05) is 0 Å². The van der Waals surface area contributed by atoms with Gasteiger partial charge in [-0.15, -0.1) is 0 Å². The number of likely N-dealkylation sites (tertiary alicyclic amines) is 1. The highest BCUT2D eigenvalue weighted by atomic mass is 16.6. The number of morpholine rings is 1. The third-order valence-corrected chi connectivity index (χ3v) is 4.95. The molecule has 0 N–H and O–H groups in total. The number of fused-ring (bicyclic) bond motifs is 1. The molecule has 2 aliphatic rings. The van der Waals surface area contributed by atoms with E-state index in [-0.39, 0.29) is 12.0 Å². The molecule has 2 aliphatic heterocycles. The number of carbonyl (C=O) groups is 1. The van der Waals surface area contributed by atoms with Gasteiger partial charge in [-0.25, -0.2) is 4.79 Å². The lowest BCUT2D eigenvalue weighted by molar-refractivity contribution is -0.00797. The Kier molecular flexibility index (Phi) is 5.45. The Bertz CT molecular complexity index is 871. The predicted molar refractivity (Wildman–Crippen MR) is 109 cm³/mol. The molecule has 0 saturated carbocycles. The third kappa shape index (κ3) is 4.70. The first-order valence-electron chi connectivity index (χ1n) is 10.1. The van der Waals surface area contributed by atoms with Gasteiger partial charge in [-0.2, -0.15) is 4.98 Å². The number of ether oxygens (including phenoxy) is 3. The van der Waals surface area contributed by atoms with Crippen LogP contribution in [-0.2, 0) is 9.47 Å². The number of nitrogens with zero attached hydrogens (tertiary/aromatic N) is 4. The molecule has 29 heavy (non-hydrogen) atoms. The summed E-state index contributed by atoms with van der Waals surface area (Å²) in [4.78, 5) is 25.2. The van der Waals surface area contributed by atoms with Crippen molar-refractivity contribution in [2.24, 2.45) is 5.92 Å². The Morgan fingerprint density at radius 2 is 2.03 bits per heavy atom. The van der Waals surface area contributed by atoms with Crippen molar-refractivity contribution >= 4 is 22.8 Å². The van der Waals surface area contributed by atoms with Crippen LogP contribution in [0.25, 0.3) is 10.9 Å². The molecule has 2 aromatic rings. The van der Waals surface area contributed by atoms with Crippen molar-refractivity contribution in [1.82, 2.24) is 14.9 Å². The molecule has 0 unspecified atom stereocenters. The quantitative estimate of drug-likeness (QED) is 0.781. The molecule has 1 amide bonds. The minimum absolute atomic E-state index is 0.267. The van der Waals surface area contributed by atoms with Crippen LogP contribution in [0.3, 0.4) is 0 Å². The van der Waals surface area contributed by atoms with Crippen molar-refractivity contribution in [2.45, 2.75) is 26.4 Å². The maximum Gasteiger partial charge on any atom is 0.410 e. The summed E-state index contributed by atoms with van der Waals surface area (Å²) in [6, 6.07) is 5.86. The summed E-state index contributed by atoms with van der Waals surface area (Å²) in [5, 5.41) is 0.896. The minimum atomic E-state index is -0.478. The molecule has 4 rings (SSSR count). The topological polar surface area (TPSA) is 77.0 Å². The van der Waals surface area contributed by atoms with E-state index >= 15 is 0 Å². The van der Waals surface area contributed by atoms with Gasteiger partial charge in [0.25, 0.3) is 0 Å². The molecule has 0 spiro atoms. The second kappa shape index (κ2) is 8.02. The average Bonchev–Trinajstić information content (AvgIpc) is 2.65. The summed E-state index contributed by atoms with van der Waals surface area (Å²) in [5.41, 5.74) is 0.386. The molecule has 2 aromatic heterocycles. The Hall–Kier alpha value is -2.61. The maximum absolute atomic E-state index is 12.1. The number of aromatic nitrogens is 2. The van der Waals surface area contributed by atoms with Crippen LogP contribution in [0.1, 0.15) is 20.8 Å². The summed E-state index contributed by atoms with van der Waals surface area (Å²) >= 11 is 0. The lowest BCUT2D eigenvalue weighted by atomic mass is 10.0. The van der Waals surface area contributed by atoms with Gasteiger partial charge in [0.2, 0.25) is 5.88 Å². The molecule has 0 bridgehead atoms. The molecular formula is C21H28N4O4. The molecule has 2 saturated heterocycles. The number of pyridine rings is 2. The van der Waals surface area contributed by atoms with Crippen molar-refractivity contribution in [3.63, 3.8) is 0 Å². The van der Waals surface area contributed by atoms with Crippen LogP contribution < -0.4 is 9.64 Å². The highest BCUT2D eigenvalue weighted by molar-refractivity contribution is 5.85. The second-order valence-electron chi connectivity index (χ2n) is 8.52. The number of hydrogen-bond donors (Lipinski definition) is 0. The van der Waals surface area contributed by atoms with Gasteiger partial charge in [-0.3, -0.25) is 4.98 Å². The normalized spacial score (nSPS) is 17.9. The Labute approximate surface area is 170 Å². The monoisotopic (exact) mass is 400 g/mol. The molecular weight excluding hydrogens is 372 g/mol. The molecule has 0 atom stereocenters. The number of rotatable bonds is 4. The van der Waals surface area contributed by atoms with Gasteiger partial charge in [0, 0.05) is 44.4 Å². The fraction of sp³-hybridized carbons (Fsp3) is 0.571. The molecule has 8 nitrogen and oxygen atoms in total. The van der Waals surface area contributed by atoms with Crippen LogP contribution in [0, 0.1) is 5.92 Å². The summed E-state index contributed by atoms with van der Waals surface area (Å²) in [7, 11) is 0.